The van der Waals surface area contributed by atoms with Gasteiger partial charge in [0.15, 0.2) is 4.34 Å². The van der Waals surface area contributed by atoms with Crippen LogP contribution in [0.25, 0.3) is 0 Å². The molecule has 7 heteroatoms. The molecule has 25 heavy (non-hydrogen) atoms. The van der Waals surface area contributed by atoms with Crippen molar-refractivity contribution in [2.75, 3.05) is 18.1 Å². The van der Waals surface area contributed by atoms with E-state index in [9.17, 15) is 4.79 Å². The summed E-state index contributed by atoms with van der Waals surface area (Å²) in [4.78, 5) is 14.3. The number of amides is 1. The fourth-order valence-corrected chi connectivity index (χ4v) is 4.73. The number of hydrogen-bond donors (Lipinski definition) is 1. The molecule has 0 atom stereocenters. The molecule has 134 valence electrons. The van der Waals surface area contributed by atoms with Gasteiger partial charge >= 0.3 is 0 Å². The van der Waals surface area contributed by atoms with Gasteiger partial charge in [-0.05, 0) is 31.4 Å². The molecule has 1 N–H and O–H groups in total. The molecule has 3 rings (SSSR count). The van der Waals surface area contributed by atoms with Crippen LogP contribution in [0.1, 0.15) is 37.7 Å². The van der Waals surface area contributed by atoms with Crippen LogP contribution in [-0.4, -0.2) is 39.8 Å². The monoisotopic (exact) mass is 376 g/mol. The highest BCUT2D eigenvalue weighted by Gasteiger charge is 2.22. The number of carbonyl (C=O) groups excluding carboxylic acids is 1. The first kappa shape index (κ1) is 18.2. The van der Waals surface area contributed by atoms with Crippen LogP contribution in [0.15, 0.2) is 28.6 Å². The number of rotatable bonds is 6. The van der Waals surface area contributed by atoms with E-state index in [1.165, 1.54) is 42.4 Å². The lowest BCUT2D eigenvalue weighted by Gasteiger charge is -2.31. The Morgan fingerprint density at radius 1 is 1.28 bits per heavy atom. The zero-order valence-electron chi connectivity index (χ0n) is 14.7. The summed E-state index contributed by atoms with van der Waals surface area (Å²) in [5, 5.41) is 12.4. The van der Waals surface area contributed by atoms with E-state index >= 15 is 0 Å². The summed E-state index contributed by atoms with van der Waals surface area (Å²) in [6.45, 7) is 2.05. The van der Waals surface area contributed by atoms with Crippen molar-refractivity contribution in [3.05, 3.63) is 29.8 Å². The second kappa shape index (κ2) is 8.67. The van der Waals surface area contributed by atoms with Gasteiger partial charge in [0.1, 0.15) is 0 Å². The molecule has 0 unspecified atom stereocenters. The van der Waals surface area contributed by atoms with Gasteiger partial charge in [0, 0.05) is 18.8 Å². The lowest BCUT2D eigenvalue weighted by atomic mass is 9.94. The molecule has 1 aromatic heterocycles. The van der Waals surface area contributed by atoms with Crippen LogP contribution in [0.3, 0.4) is 0 Å². The molecule has 0 bridgehead atoms. The molecule has 0 aliphatic heterocycles. The predicted molar refractivity (Wildman–Crippen MR) is 105 cm³/mol. The minimum atomic E-state index is 0.181. The van der Waals surface area contributed by atoms with Crippen molar-refractivity contribution >= 4 is 39.8 Å². The average Bonchev–Trinajstić information content (AvgIpc) is 3.09. The highest BCUT2D eigenvalue weighted by atomic mass is 32.2. The molecular formula is C18H24N4OS2. The summed E-state index contributed by atoms with van der Waals surface area (Å²) in [5.74, 6) is 0.604. The van der Waals surface area contributed by atoms with E-state index in [1.54, 1.807) is 0 Å². The Morgan fingerprint density at radius 3 is 2.80 bits per heavy atom. The van der Waals surface area contributed by atoms with Crippen molar-refractivity contribution in [2.24, 2.45) is 0 Å². The third kappa shape index (κ3) is 4.95. The molecule has 1 amide bonds. The first-order chi connectivity index (χ1) is 12.1. The molecule has 1 fully saturated rings. The lowest BCUT2D eigenvalue weighted by Crippen LogP contribution is -2.39. The van der Waals surface area contributed by atoms with E-state index in [2.05, 4.69) is 28.5 Å². The Balaban J connectivity index is 1.51. The van der Waals surface area contributed by atoms with Gasteiger partial charge < -0.3 is 10.2 Å². The minimum Gasteiger partial charge on any atom is -0.342 e. The quantitative estimate of drug-likeness (QED) is 0.754. The van der Waals surface area contributed by atoms with Gasteiger partial charge in [0.2, 0.25) is 11.0 Å². The molecule has 0 radical (unpaired) electrons. The molecular weight excluding hydrogens is 352 g/mol. The SMILES string of the molecule is Cc1ccccc1Nc1nnc(SCC(=O)N(C)C2CCCCC2)s1. The maximum Gasteiger partial charge on any atom is 0.233 e. The van der Waals surface area contributed by atoms with Crippen molar-refractivity contribution in [2.45, 2.75) is 49.4 Å². The van der Waals surface area contributed by atoms with Gasteiger partial charge in [-0.3, -0.25) is 4.79 Å². The third-order valence-electron chi connectivity index (χ3n) is 4.63. The van der Waals surface area contributed by atoms with Crippen LogP contribution in [0, 0.1) is 6.92 Å². The number of para-hydroxylation sites is 1. The van der Waals surface area contributed by atoms with Crippen LogP contribution in [0.4, 0.5) is 10.8 Å². The van der Waals surface area contributed by atoms with Crippen molar-refractivity contribution in [3.8, 4) is 0 Å². The number of nitrogens with one attached hydrogen (secondary N) is 1. The Labute approximate surface area is 157 Å². The fourth-order valence-electron chi connectivity index (χ4n) is 3.04. The van der Waals surface area contributed by atoms with Gasteiger partial charge in [-0.25, -0.2) is 0 Å². The maximum atomic E-state index is 12.4. The van der Waals surface area contributed by atoms with Crippen LogP contribution >= 0.6 is 23.1 Å². The van der Waals surface area contributed by atoms with Crippen LogP contribution < -0.4 is 5.32 Å². The highest BCUT2D eigenvalue weighted by molar-refractivity contribution is 8.01. The molecule has 1 heterocycles. The summed E-state index contributed by atoms with van der Waals surface area (Å²) in [6.07, 6.45) is 6.04. The summed E-state index contributed by atoms with van der Waals surface area (Å²) in [5.41, 5.74) is 2.19. The lowest BCUT2D eigenvalue weighted by molar-refractivity contribution is -0.129. The number of hydrogen-bond acceptors (Lipinski definition) is 6. The highest BCUT2D eigenvalue weighted by Crippen LogP contribution is 2.29. The topological polar surface area (TPSA) is 58.1 Å². The number of aromatic nitrogens is 2. The van der Waals surface area contributed by atoms with Gasteiger partial charge in [-0.1, -0.05) is 60.6 Å². The Hall–Kier alpha value is -1.60. The number of aryl methyl sites for hydroxylation is 1. The number of carbonyl (C=O) groups is 1. The van der Waals surface area contributed by atoms with E-state index in [4.69, 9.17) is 0 Å². The second-order valence-electron chi connectivity index (χ2n) is 6.40. The van der Waals surface area contributed by atoms with Crippen LogP contribution in [-0.2, 0) is 4.79 Å². The summed E-state index contributed by atoms with van der Waals surface area (Å²) in [7, 11) is 1.93. The summed E-state index contributed by atoms with van der Waals surface area (Å²) in [6, 6.07) is 8.49. The number of nitrogens with zero attached hydrogens (tertiary/aromatic N) is 3. The minimum absolute atomic E-state index is 0.181. The molecule has 1 aromatic carbocycles. The summed E-state index contributed by atoms with van der Waals surface area (Å²) >= 11 is 2.95. The van der Waals surface area contributed by atoms with Crippen LogP contribution in [0.5, 0.6) is 0 Å². The first-order valence-electron chi connectivity index (χ1n) is 8.68. The van der Waals surface area contributed by atoms with Gasteiger partial charge in [0.25, 0.3) is 0 Å². The third-order valence-corrected chi connectivity index (χ3v) is 6.58. The standard InChI is InChI=1S/C18H24N4OS2/c1-13-8-6-7-11-15(13)19-17-20-21-18(25-17)24-12-16(23)22(2)14-9-4-3-5-10-14/h6-8,11,14H,3-5,9-10,12H2,1-2H3,(H,19,20). The van der Waals surface area contributed by atoms with Crippen molar-refractivity contribution < 1.29 is 4.79 Å². The van der Waals surface area contributed by atoms with Gasteiger partial charge in [0.05, 0.1) is 5.75 Å². The second-order valence-corrected chi connectivity index (χ2v) is 8.60. The van der Waals surface area contributed by atoms with E-state index in [-0.39, 0.29) is 5.91 Å². The Kier molecular flexibility index (Phi) is 6.31. The Bertz CT molecular complexity index is 713. The molecule has 1 aliphatic rings. The largest absolute Gasteiger partial charge is 0.342 e. The van der Waals surface area contributed by atoms with Crippen molar-refractivity contribution in [1.82, 2.24) is 15.1 Å². The zero-order valence-corrected chi connectivity index (χ0v) is 16.3. The predicted octanol–water partition coefficient (Wildman–Crippen LogP) is 4.47. The number of benzene rings is 1. The van der Waals surface area contributed by atoms with Crippen molar-refractivity contribution in [1.29, 1.82) is 0 Å². The fraction of sp³-hybridized carbons (Fsp3) is 0.500. The van der Waals surface area contributed by atoms with Crippen molar-refractivity contribution in [3.63, 3.8) is 0 Å². The number of thioether (sulfide) groups is 1. The smallest absolute Gasteiger partial charge is 0.233 e. The van der Waals surface area contributed by atoms with Gasteiger partial charge in [-0.15, -0.1) is 10.2 Å². The zero-order chi connectivity index (χ0) is 17.6. The van der Waals surface area contributed by atoms with E-state index in [1.807, 2.05) is 30.1 Å². The van der Waals surface area contributed by atoms with E-state index in [0.29, 0.717) is 11.8 Å². The number of anilines is 2. The van der Waals surface area contributed by atoms with Gasteiger partial charge in [-0.2, -0.15) is 0 Å². The molecule has 2 aromatic rings. The van der Waals surface area contributed by atoms with Crippen LogP contribution in [0.2, 0.25) is 0 Å². The molecule has 1 aliphatic carbocycles. The molecule has 0 spiro atoms. The van der Waals surface area contributed by atoms with E-state index in [0.717, 1.165) is 33.6 Å². The molecule has 0 saturated heterocycles. The maximum absolute atomic E-state index is 12.4. The molecule has 1 saturated carbocycles. The normalized spacial score (nSPS) is 15.1. The average molecular weight is 377 g/mol. The Morgan fingerprint density at radius 2 is 2.04 bits per heavy atom. The van der Waals surface area contributed by atoms with E-state index < -0.39 is 0 Å². The summed E-state index contributed by atoms with van der Waals surface area (Å²) < 4.78 is 0.821. The molecule has 5 nitrogen and oxygen atoms in total. The first-order valence-corrected chi connectivity index (χ1v) is 10.5.